The minimum absolute atomic E-state index is 0.0729. The van der Waals surface area contributed by atoms with Gasteiger partial charge >= 0.3 is 5.97 Å². The zero-order valence-electron chi connectivity index (χ0n) is 10.4. The quantitative estimate of drug-likeness (QED) is 0.792. The molecule has 0 saturated heterocycles. The summed E-state index contributed by atoms with van der Waals surface area (Å²) in [4.78, 5) is 19.1. The summed E-state index contributed by atoms with van der Waals surface area (Å²) in [6.45, 7) is 0. The minimum atomic E-state index is -0.643. The number of methoxy groups -OCH3 is 2. The average Bonchev–Trinajstić information content (AvgIpc) is 2.46. The van der Waals surface area contributed by atoms with Crippen LogP contribution in [0, 0.1) is 5.82 Å². The van der Waals surface area contributed by atoms with Gasteiger partial charge in [-0.1, -0.05) is 0 Å². The van der Waals surface area contributed by atoms with Crippen LogP contribution in [0.1, 0.15) is 10.6 Å². The van der Waals surface area contributed by atoms with E-state index in [2.05, 4.69) is 14.7 Å². The summed E-state index contributed by atoms with van der Waals surface area (Å²) in [5, 5.41) is 0. The molecule has 19 heavy (non-hydrogen) atoms. The molecule has 0 amide bonds. The molecule has 2 aromatic rings. The molecule has 1 aromatic heterocycles. The molecule has 0 aliphatic heterocycles. The van der Waals surface area contributed by atoms with E-state index in [1.807, 2.05) is 0 Å². The third-order valence-corrected chi connectivity index (χ3v) is 2.47. The zero-order valence-corrected chi connectivity index (χ0v) is 10.4. The molecule has 0 aliphatic carbocycles. The average molecular weight is 262 g/mol. The van der Waals surface area contributed by atoms with Gasteiger partial charge in [0.1, 0.15) is 0 Å². The lowest BCUT2D eigenvalue weighted by atomic mass is 10.1. The summed E-state index contributed by atoms with van der Waals surface area (Å²) >= 11 is 0. The molecule has 98 valence electrons. The number of ether oxygens (including phenoxy) is 2. The van der Waals surface area contributed by atoms with Gasteiger partial charge in [0.2, 0.25) is 5.82 Å². The van der Waals surface area contributed by atoms with Gasteiger partial charge in [0, 0.05) is 11.8 Å². The molecular formula is C13H11FN2O3. The molecule has 0 saturated carbocycles. The first-order valence-electron chi connectivity index (χ1n) is 5.41. The third-order valence-electron chi connectivity index (χ3n) is 2.47. The van der Waals surface area contributed by atoms with E-state index in [-0.39, 0.29) is 11.6 Å². The molecule has 1 aromatic carbocycles. The second-order valence-corrected chi connectivity index (χ2v) is 3.61. The number of nitrogens with zero attached hydrogens (tertiary/aromatic N) is 2. The number of aromatic nitrogens is 2. The maximum Gasteiger partial charge on any atom is 0.376 e. The molecule has 0 spiro atoms. The van der Waals surface area contributed by atoms with Crippen molar-refractivity contribution >= 4 is 5.97 Å². The summed E-state index contributed by atoms with van der Waals surface area (Å²) in [6, 6.07) is 5.99. The molecule has 2 rings (SSSR count). The van der Waals surface area contributed by atoms with Crippen molar-refractivity contribution in [1.29, 1.82) is 0 Å². The van der Waals surface area contributed by atoms with Crippen molar-refractivity contribution in [2.45, 2.75) is 0 Å². The molecule has 1 heterocycles. The van der Waals surface area contributed by atoms with Gasteiger partial charge in [0.25, 0.3) is 0 Å². The van der Waals surface area contributed by atoms with Crippen molar-refractivity contribution in [3.05, 3.63) is 42.1 Å². The summed E-state index contributed by atoms with van der Waals surface area (Å²) in [5.74, 6) is -1.07. The Hall–Kier alpha value is -2.50. The second-order valence-electron chi connectivity index (χ2n) is 3.61. The summed E-state index contributed by atoms with van der Waals surface area (Å²) in [6.07, 6.45) is 1.41. The van der Waals surface area contributed by atoms with Crippen LogP contribution in [0.4, 0.5) is 4.39 Å². The van der Waals surface area contributed by atoms with Gasteiger partial charge in [-0.2, -0.15) is 0 Å². The van der Waals surface area contributed by atoms with Crippen molar-refractivity contribution < 1.29 is 18.7 Å². The van der Waals surface area contributed by atoms with E-state index in [0.717, 1.165) is 0 Å². The van der Waals surface area contributed by atoms with Crippen LogP contribution in [0.2, 0.25) is 0 Å². The second kappa shape index (κ2) is 5.43. The maximum atomic E-state index is 13.6. The number of rotatable bonds is 3. The molecule has 0 N–H and O–H groups in total. The van der Waals surface area contributed by atoms with Crippen LogP contribution in [0.15, 0.2) is 30.5 Å². The first kappa shape index (κ1) is 12.9. The normalized spacial score (nSPS) is 10.1. The molecule has 5 nitrogen and oxygen atoms in total. The fourth-order valence-electron chi connectivity index (χ4n) is 1.53. The molecule has 0 radical (unpaired) electrons. The van der Waals surface area contributed by atoms with E-state index in [4.69, 9.17) is 4.74 Å². The standard InChI is InChI=1S/C13H11FN2O3/c1-18-11-4-3-8(7-9(11)14)10-5-6-15-12(16-10)13(17)19-2/h3-7H,1-2H3. The summed E-state index contributed by atoms with van der Waals surface area (Å²) < 4.78 is 23.0. The van der Waals surface area contributed by atoms with E-state index >= 15 is 0 Å². The first-order valence-corrected chi connectivity index (χ1v) is 5.41. The molecule has 0 unspecified atom stereocenters. The van der Waals surface area contributed by atoms with E-state index in [1.165, 1.54) is 32.5 Å². The van der Waals surface area contributed by atoms with Crippen molar-refractivity contribution in [2.75, 3.05) is 14.2 Å². The number of halogens is 1. The van der Waals surface area contributed by atoms with E-state index in [0.29, 0.717) is 11.3 Å². The number of carbonyl (C=O) groups excluding carboxylic acids is 1. The Bertz CT molecular complexity index is 617. The Kier molecular flexibility index (Phi) is 3.70. The number of benzene rings is 1. The Balaban J connectivity index is 2.41. The van der Waals surface area contributed by atoms with Crippen molar-refractivity contribution in [3.8, 4) is 17.0 Å². The Morgan fingerprint density at radius 1 is 1.26 bits per heavy atom. The highest BCUT2D eigenvalue weighted by molar-refractivity contribution is 5.85. The van der Waals surface area contributed by atoms with E-state index in [1.54, 1.807) is 12.1 Å². The number of hydrogen-bond donors (Lipinski definition) is 0. The summed E-state index contributed by atoms with van der Waals surface area (Å²) in [7, 11) is 2.63. The lowest BCUT2D eigenvalue weighted by Crippen LogP contribution is -2.07. The highest BCUT2D eigenvalue weighted by atomic mass is 19.1. The van der Waals surface area contributed by atoms with Gasteiger partial charge < -0.3 is 9.47 Å². The molecular weight excluding hydrogens is 251 g/mol. The lowest BCUT2D eigenvalue weighted by molar-refractivity contribution is 0.0587. The Morgan fingerprint density at radius 3 is 2.68 bits per heavy atom. The Morgan fingerprint density at radius 2 is 2.05 bits per heavy atom. The smallest absolute Gasteiger partial charge is 0.376 e. The van der Waals surface area contributed by atoms with Gasteiger partial charge in [0.15, 0.2) is 11.6 Å². The fourth-order valence-corrected chi connectivity index (χ4v) is 1.53. The first-order chi connectivity index (χ1) is 9.15. The van der Waals surface area contributed by atoms with Gasteiger partial charge in [-0.3, -0.25) is 0 Å². The predicted molar refractivity (Wildman–Crippen MR) is 65.3 cm³/mol. The molecule has 0 atom stereocenters. The fraction of sp³-hybridized carbons (Fsp3) is 0.154. The number of carbonyl (C=O) groups is 1. The van der Waals surface area contributed by atoms with Crippen LogP contribution in [0.5, 0.6) is 5.75 Å². The zero-order chi connectivity index (χ0) is 13.8. The lowest BCUT2D eigenvalue weighted by Gasteiger charge is -2.05. The van der Waals surface area contributed by atoms with Gasteiger partial charge in [0.05, 0.1) is 19.9 Å². The van der Waals surface area contributed by atoms with Gasteiger partial charge in [-0.05, 0) is 24.3 Å². The molecule has 6 heteroatoms. The van der Waals surface area contributed by atoms with Gasteiger partial charge in [-0.25, -0.2) is 19.2 Å². The van der Waals surface area contributed by atoms with Crippen LogP contribution in [0.3, 0.4) is 0 Å². The van der Waals surface area contributed by atoms with E-state index < -0.39 is 11.8 Å². The minimum Gasteiger partial charge on any atom is -0.494 e. The third kappa shape index (κ3) is 2.67. The highest BCUT2D eigenvalue weighted by Gasteiger charge is 2.11. The SMILES string of the molecule is COC(=O)c1nccc(-c2ccc(OC)c(F)c2)n1. The number of hydrogen-bond acceptors (Lipinski definition) is 5. The molecule has 0 aliphatic rings. The van der Waals surface area contributed by atoms with Crippen LogP contribution >= 0.6 is 0 Å². The molecule has 0 fully saturated rings. The largest absolute Gasteiger partial charge is 0.494 e. The highest BCUT2D eigenvalue weighted by Crippen LogP contribution is 2.24. The van der Waals surface area contributed by atoms with Crippen LogP contribution in [-0.4, -0.2) is 30.2 Å². The van der Waals surface area contributed by atoms with Gasteiger partial charge in [-0.15, -0.1) is 0 Å². The van der Waals surface area contributed by atoms with Crippen LogP contribution in [0.25, 0.3) is 11.3 Å². The predicted octanol–water partition coefficient (Wildman–Crippen LogP) is 2.08. The van der Waals surface area contributed by atoms with Crippen molar-refractivity contribution in [1.82, 2.24) is 9.97 Å². The molecule has 0 bridgehead atoms. The Labute approximate surface area is 109 Å². The van der Waals surface area contributed by atoms with Crippen LogP contribution in [-0.2, 0) is 4.74 Å². The maximum absolute atomic E-state index is 13.6. The monoisotopic (exact) mass is 262 g/mol. The van der Waals surface area contributed by atoms with Crippen molar-refractivity contribution in [2.24, 2.45) is 0 Å². The topological polar surface area (TPSA) is 61.3 Å². The van der Waals surface area contributed by atoms with Crippen molar-refractivity contribution in [3.63, 3.8) is 0 Å². The summed E-state index contributed by atoms with van der Waals surface area (Å²) in [5.41, 5.74) is 0.947. The van der Waals surface area contributed by atoms with E-state index in [9.17, 15) is 9.18 Å². The van der Waals surface area contributed by atoms with Crippen LogP contribution < -0.4 is 4.74 Å². The number of esters is 1.